The van der Waals surface area contributed by atoms with Crippen LogP contribution in [-0.4, -0.2) is 11.3 Å². The molecule has 0 spiro atoms. The Balaban J connectivity index is 1.14. The standard InChI is InChI=1S/C102H102BN3/c1-97(2,3)73-47-49-84-85-50-48-74(98(4,5)6)62-89(85)104(88(84)61-73)79-63-92-94-93(64-79)106(96-82(67-37-27-21-28-38-67)43-32-44-83(96)68-39-29-22-30-40-68)91-58-70(72-55-77(101(13,14)15)60-78(56-72)102(16,17)18)46-52-87(91)103(94)86-51-45-69(71-53-75(99(7,8)9)59-76(54-71)100(10,11)12)57-90(86)105(92)95-80(65-33-23-19-24-34-65)41-31-42-81(95)66-35-25-20-26-36-66/h19-31,33-43,45-64H,32,44H2,1-18H3. The number of para-hydroxylation sites is 1. The molecule has 0 radical (unpaired) electrons. The van der Waals surface area contributed by atoms with Crippen molar-refractivity contribution in [1.29, 1.82) is 0 Å². The molecule has 3 nitrogen and oxygen atoms in total. The molecule has 3 heterocycles. The molecule has 0 atom stereocenters. The molecule has 528 valence electrons. The number of nitrogens with zero attached hydrogens (tertiary/aromatic N) is 3. The highest BCUT2D eigenvalue weighted by Gasteiger charge is 2.47. The van der Waals surface area contributed by atoms with Gasteiger partial charge in [0.15, 0.2) is 0 Å². The Kier molecular flexibility index (Phi) is 16.9. The summed E-state index contributed by atoms with van der Waals surface area (Å²) in [5.74, 6) is 0. The summed E-state index contributed by atoms with van der Waals surface area (Å²) >= 11 is 0. The van der Waals surface area contributed by atoms with Gasteiger partial charge in [0.05, 0.1) is 28.1 Å². The maximum absolute atomic E-state index is 2.79. The molecule has 16 rings (SSSR count). The van der Waals surface area contributed by atoms with Gasteiger partial charge in [-0.25, -0.2) is 0 Å². The van der Waals surface area contributed by atoms with Crippen molar-refractivity contribution in [3.05, 3.63) is 317 Å². The molecule has 2 aliphatic heterocycles. The number of benzene rings is 12. The van der Waals surface area contributed by atoms with Gasteiger partial charge in [-0.2, -0.15) is 0 Å². The van der Waals surface area contributed by atoms with E-state index in [9.17, 15) is 0 Å². The third-order valence-corrected chi connectivity index (χ3v) is 23.0. The van der Waals surface area contributed by atoms with Crippen molar-refractivity contribution in [3.8, 4) is 50.2 Å². The second-order valence-electron chi connectivity index (χ2n) is 36.6. The predicted molar refractivity (Wildman–Crippen MR) is 460 cm³/mol. The van der Waals surface area contributed by atoms with Gasteiger partial charge in [0, 0.05) is 50.2 Å². The van der Waals surface area contributed by atoms with Crippen LogP contribution < -0.4 is 26.2 Å². The minimum atomic E-state index is -0.229. The first kappa shape index (κ1) is 69.9. The lowest BCUT2D eigenvalue weighted by atomic mass is 9.33. The second kappa shape index (κ2) is 25.7. The van der Waals surface area contributed by atoms with Gasteiger partial charge < -0.3 is 14.4 Å². The molecule has 0 saturated carbocycles. The first-order chi connectivity index (χ1) is 50.4. The molecule has 12 aromatic carbocycles. The number of allylic oxidation sites excluding steroid dienone is 3. The van der Waals surface area contributed by atoms with E-state index in [0.717, 1.165) is 63.5 Å². The zero-order valence-electron chi connectivity index (χ0n) is 65.7. The Morgan fingerprint density at radius 1 is 0.292 bits per heavy atom. The summed E-state index contributed by atoms with van der Waals surface area (Å²) in [4.78, 5) is 5.54. The average molecular weight is 1380 g/mol. The van der Waals surface area contributed by atoms with E-state index in [1.54, 1.807) is 0 Å². The van der Waals surface area contributed by atoms with Crippen molar-refractivity contribution in [2.45, 2.75) is 170 Å². The first-order valence-corrected chi connectivity index (χ1v) is 38.6. The van der Waals surface area contributed by atoms with Gasteiger partial charge >= 0.3 is 0 Å². The summed E-state index contributed by atoms with van der Waals surface area (Å²) in [7, 11) is 0. The normalized spacial score (nSPS) is 14.2. The molecule has 0 amide bonds. The van der Waals surface area contributed by atoms with Crippen LogP contribution in [0.3, 0.4) is 0 Å². The fraction of sp³-hybridized carbons (Fsp3) is 0.255. The van der Waals surface area contributed by atoms with Gasteiger partial charge in [0.1, 0.15) is 0 Å². The predicted octanol–water partition coefficient (Wildman–Crippen LogP) is 26.3. The largest absolute Gasteiger partial charge is 0.310 e. The van der Waals surface area contributed by atoms with Crippen LogP contribution in [0.5, 0.6) is 0 Å². The summed E-state index contributed by atoms with van der Waals surface area (Å²) in [5.41, 5.74) is 36.0. The molecule has 0 N–H and O–H groups in total. The molecule has 3 aliphatic rings. The molecule has 0 bridgehead atoms. The quantitative estimate of drug-likeness (QED) is 0.133. The van der Waals surface area contributed by atoms with Crippen molar-refractivity contribution >= 4 is 84.5 Å². The zero-order chi connectivity index (χ0) is 74.3. The SMILES string of the molecule is CC(C)(C)c1cc(-c2ccc3c(c2)N(C2=C(c4ccccc4)CCC=C2c2ccccc2)c2cc(-n4c5cc(C(C)(C)C)ccc5c5ccc(C(C)(C)C)cc54)cc4c2B3c2ccc(-c3cc(C(C)(C)C)cc(C(C)(C)C)c3)cc2N4c2c(-c3ccccc3)cccc2-c2ccccc2)cc(C(C)(C)C)c1. The number of aromatic nitrogens is 1. The fourth-order valence-electron chi connectivity index (χ4n) is 16.8. The lowest BCUT2D eigenvalue weighted by molar-refractivity contribution is 0.568. The van der Waals surface area contributed by atoms with E-state index in [-0.39, 0.29) is 39.2 Å². The molecular weight excluding hydrogens is 1280 g/mol. The molecule has 106 heavy (non-hydrogen) atoms. The molecule has 1 aromatic heterocycles. The van der Waals surface area contributed by atoms with Crippen LogP contribution in [0.25, 0.3) is 83.1 Å². The number of hydrogen-bond donors (Lipinski definition) is 0. The van der Waals surface area contributed by atoms with E-state index in [4.69, 9.17) is 0 Å². The van der Waals surface area contributed by atoms with E-state index in [1.165, 1.54) is 127 Å². The van der Waals surface area contributed by atoms with Crippen molar-refractivity contribution in [2.75, 3.05) is 9.80 Å². The van der Waals surface area contributed by atoms with Gasteiger partial charge in [-0.3, -0.25) is 0 Å². The second-order valence-corrected chi connectivity index (χ2v) is 36.6. The average Bonchev–Trinajstić information content (AvgIpc) is 1.34. The molecule has 0 fully saturated rings. The van der Waals surface area contributed by atoms with Crippen LogP contribution in [0, 0.1) is 0 Å². The summed E-state index contributed by atoms with van der Waals surface area (Å²) in [5, 5.41) is 2.48. The molecule has 0 saturated heterocycles. The van der Waals surface area contributed by atoms with E-state index < -0.39 is 0 Å². The Morgan fingerprint density at radius 2 is 0.679 bits per heavy atom. The lowest BCUT2D eigenvalue weighted by Gasteiger charge is -2.47. The maximum Gasteiger partial charge on any atom is 0.252 e. The number of rotatable bonds is 9. The van der Waals surface area contributed by atoms with Crippen LogP contribution in [0.1, 0.15) is 182 Å². The highest BCUT2D eigenvalue weighted by Crippen LogP contribution is 2.54. The molecule has 1 aliphatic carbocycles. The monoisotopic (exact) mass is 1380 g/mol. The van der Waals surface area contributed by atoms with Gasteiger partial charge in [0.25, 0.3) is 6.71 Å². The maximum atomic E-state index is 2.79. The molecular formula is C102H102BN3. The summed E-state index contributed by atoms with van der Waals surface area (Å²) in [6.45, 7) is 42.3. The number of hydrogen-bond acceptors (Lipinski definition) is 2. The van der Waals surface area contributed by atoms with E-state index in [2.05, 4.69) is 406 Å². The van der Waals surface area contributed by atoms with Crippen molar-refractivity contribution in [1.82, 2.24) is 4.57 Å². The third-order valence-electron chi connectivity index (χ3n) is 23.0. The Morgan fingerprint density at radius 3 is 1.09 bits per heavy atom. The van der Waals surface area contributed by atoms with Crippen LogP contribution in [0.2, 0.25) is 0 Å². The zero-order valence-corrected chi connectivity index (χ0v) is 65.7. The Labute approximate surface area is 632 Å². The van der Waals surface area contributed by atoms with Crippen LogP contribution in [0.15, 0.2) is 273 Å². The lowest BCUT2D eigenvalue weighted by Crippen LogP contribution is -2.62. The van der Waals surface area contributed by atoms with Crippen molar-refractivity contribution in [3.63, 3.8) is 0 Å². The molecule has 13 aromatic rings. The first-order valence-electron chi connectivity index (χ1n) is 38.6. The smallest absolute Gasteiger partial charge is 0.252 e. The highest BCUT2D eigenvalue weighted by molar-refractivity contribution is 7.00. The third kappa shape index (κ3) is 12.5. The van der Waals surface area contributed by atoms with E-state index >= 15 is 0 Å². The van der Waals surface area contributed by atoms with Crippen molar-refractivity contribution in [2.24, 2.45) is 0 Å². The minimum absolute atomic E-state index is 0.0958. The van der Waals surface area contributed by atoms with Gasteiger partial charge in [-0.1, -0.05) is 355 Å². The minimum Gasteiger partial charge on any atom is -0.310 e. The van der Waals surface area contributed by atoms with Gasteiger partial charge in [-0.05, 0) is 182 Å². The Hall–Kier alpha value is -10.4. The molecule has 4 heteroatoms. The van der Waals surface area contributed by atoms with Crippen LogP contribution >= 0.6 is 0 Å². The summed E-state index contributed by atoms with van der Waals surface area (Å²) in [6.07, 6.45) is 4.31. The highest BCUT2D eigenvalue weighted by atomic mass is 15.2. The van der Waals surface area contributed by atoms with Crippen LogP contribution in [0.4, 0.5) is 28.4 Å². The van der Waals surface area contributed by atoms with Crippen molar-refractivity contribution < 1.29 is 0 Å². The topological polar surface area (TPSA) is 11.4 Å². The number of fused-ring (bicyclic) bond motifs is 7. The molecule has 0 unspecified atom stereocenters. The summed E-state index contributed by atoms with van der Waals surface area (Å²) in [6, 6.07) is 102. The van der Waals surface area contributed by atoms with E-state index in [1.807, 2.05) is 0 Å². The van der Waals surface area contributed by atoms with E-state index in [0.29, 0.717) is 0 Å². The Bertz CT molecular complexity index is 5490. The van der Waals surface area contributed by atoms with Crippen LogP contribution in [-0.2, 0) is 32.5 Å². The van der Waals surface area contributed by atoms with Gasteiger partial charge in [-0.15, -0.1) is 0 Å². The van der Waals surface area contributed by atoms with Gasteiger partial charge in [0.2, 0.25) is 0 Å². The fourth-order valence-corrected chi connectivity index (χ4v) is 16.8. The summed E-state index contributed by atoms with van der Waals surface area (Å²) < 4.78 is 2.66. The number of anilines is 5.